The molecular formula is C17H18N6O2. The van der Waals surface area contributed by atoms with Gasteiger partial charge in [0.15, 0.2) is 11.2 Å². The van der Waals surface area contributed by atoms with Gasteiger partial charge in [-0.1, -0.05) is 12.1 Å². The molecule has 4 rings (SSSR count). The summed E-state index contributed by atoms with van der Waals surface area (Å²) in [6.07, 6.45) is 0. The molecule has 1 aromatic carbocycles. The lowest BCUT2D eigenvalue weighted by Crippen LogP contribution is -2.37. The number of hydrogen-bond donors (Lipinski definition) is 1. The Morgan fingerprint density at radius 1 is 1.00 bits per heavy atom. The van der Waals surface area contributed by atoms with Crippen molar-refractivity contribution in [1.82, 2.24) is 23.1 Å². The van der Waals surface area contributed by atoms with Gasteiger partial charge in [0, 0.05) is 25.5 Å². The molecule has 8 nitrogen and oxygen atoms in total. The van der Waals surface area contributed by atoms with E-state index in [0.29, 0.717) is 22.6 Å². The van der Waals surface area contributed by atoms with Crippen molar-refractivity contribution in [3.05, 3.63) is 56.5 Å². The number of hydrogen-bond acceptors (Lipinski definition) is 4. The van der Waals surface area contributed by atoms with Crippen LogP contribution in [0.4, 0.5) is 5.69 Å². The van der Waals surface area contributed by atoms with Crippen LogP contribution in [0.15, 0.2) is 33.9 Å². The van der Waals surface area contributed by atoms with E-state index in [1.165, 1.54) is 11.6 Å². The monoisotopic (exact) mass is 338 g/mol. The summed E-state index contributed by atoms with van der Waals surface area (Å²) >= 11 is 0. The second-order valence-corrected chi connectivity index (χ2v) is 6.19. The van der Waals surface area contributed by atoms with E-state index in [1.807, 2.05) is 42.7 Å². The van der Waals surface area contributed by atoms with Crippen LogP contribution in [0.5, 0.6) is 0 Å². The molecule has 0 aliphatic rings. The van der Waals surface area contributed by atoms with Crippen LogP contribution in [-0.2, 0) is 14.1 Å². The standard InChI is InChI=1S/C17H18N6O2/c1-9-10(2)23-13-14(20(3)17(25)21(4)15(13)24)19-16(23)22(9)12-8-6-5-7-11(12)18/h5-8H,18H2,1-4H3. The van der Waals surface area contributed by atoms with E-state index in [-0.39, 0.29) is 5.56 Å². The fraction of sp³-hybridized carbons (Fsp3) is 0.235. The topological polar surface area (TPSA) is 92.2 Å². The highest BCUT2D eigenvalue weighted by molar-refractivity contribution is 5.78. The van der Waals surface area contributed by atoms with Crippen molar-refractivity contribution in [2.24, 2.45) is 14.1 Å². The fourth-order valence-corrected chi connectivity index (χ4v) is 3.31. The van der Waals surface area contributed by atoms with Crippen LogP contribution < -0.4 is 17.0 Å². The largest absolute Gasteiger partial charge is 0.397 e. The first kappa shape index (κ1) is 15.3. The summed E-state index contributed by atoms with van der Waals surface area (Å²) < 4.78 is 6.18. The molecule has 0 spiro atoms. The lowest BCUT2D eigenvalue weighted by molar-refractivity contribution is 0.707. The number of nitrogens with zero attached hydrogens (tertiary/aromatic N) is 5. The van der Waals surface area contributed by atoms with E-state index in [2.05, 4.69) is 4.98 Å². The average molecular weight is 338 g/mol. The summed E-state index contributed by atoms with van der Waals surface area (Å²) in [6, 6.07) is 7.48. The van der Waals surface area contributed by atoms with Crippen LogP contribution in [0.1, 0.15) is 11.4 Å². The molecule has 0 saturated carbocycles. The van der Waals surface area contributed by atoms with Gasteiger partial charge in [0.2, 0.25) is 5.78 Å². The third kappa shape index (κ3) is 1.79. The summed E-state index contributed by atoms with van der Waals surface area (Å²) in [5.74, 6) is 0.557. The van der Waals surface area contributed by atoms with Crippen LogP contribution in [0.3, 0.4) is 0 Å². The molecule has 0 bridgehead atoms. The molecule has 0 atom stereocenters. The van der Waals surface area contributed by atoms with Gasteiger partial charge >= 0.3 is 5.69 Å². The maximum atomic E-state index is 12.7. The number of rotatable bonds is 1. The molecule has 0 aliphatic carbocycles. The highest BCUT2D eigenvalue weighted by Crippen LogP contribution is 2.27. The van der Waals surface area contributed by atoms with Crippen LogP contribution in [0, 0.1) is 13.8 Å². The fourth-order valence-electron chi connectivity index (χ4n) is 3.31. The lowest BCUT2D eigenvalue weighted by atomic mass is 10.2. The van der Waals surface area contributed by atoms with Gasteiger partial charge in [0.05, 0.1) is 11.4 Å². The van der Waals surface area contributed by atoms with E-state index in [4.69, 9.17) is 5.73 Å². The highest BCUT2D eigenvalue weighted by atomic mass is 16.2. The van der Waals surface area contributed by atoms with Gasteiger partial charge in [0.1, 0.15) is 0 Å². The molecule has 2 N–H and O–H groups in total. The zero-order valence-corrected chi connectivity index (χ0v) is 14.4. The number of aryl methyl sites for hydroxylation is 2. The predicted molar refractivity (Wildman–Crippen MR) is 96.4 cm³/mol. The molecule has 4 aromatic rings. The molecular weight excluding hydrogens is 320 g/mol. The van der Waals surface area contributed by atoms with E-state index < -0.39 is 5.69 Å². The Morgan fingerprint density at radius 2 is 1.68 bits per heavy atom. The molecule has 0 unspecified atom stereocenters. The number of aromatic nitrogens is 5. The molecule has 8 heteroatoms. The molecule has 0 saturated heterocycles. The second-order valence-electron chi connectivity index (χ2n) is 6.19. The van der Waals surface area contributed by atoms with Gasteiger partial charge in [-0.15, -0.1) is 0 Å². The van der Waals surface area contributed by atoms with Gasteiger partial charge in [-0.05, 0) is 26.0 Å². The van der Waals surface area contributed by atoms with Gasteiger partial charge in [0.25, 0.3) is 5.56 Å². The molecule has 0 radical (unpaired) electrons. The normalized spacial score (nSPS) is 11.7. The van der Waals surface area contributed by atoms with E-state index in [9.17, 15) is 9.59 Å². The highest BCUT2D eigenvalue weighted by Gasteiger charge is 2.22. The number of para-hydroxylation sites is 2. The smallest absolute Gasteiger partial charge is 0.332 e. The van der Waals surface area contributed by atoms with Crippen LogP contribution >= 0.6 is 0 Å². The Morgan fingerprint density at radius 3 is 2.36 bits per heavy atom. The maximum Gasteiger partial charge on any atom is 0.332 e. The van der Waals surface area contributed by atoms with Gasteiger partial charge in [-0.3, -0.25) is 22.9 Å². The van der Waals surface area contributed by atoms with E-state index in [0.717, 1.165) is 21.6 Å². The number of anilines is 1. The first-order valence-electron chi connectivity index (χ1n) is 7.85. The number of fused-ring (bicyclic) bond motifs is 3. The summed E-state index contributed by atoms with van der Waals surface area (Å²) in [6.45, 7) is 3.87. The third-order valence-electron chi connectivity index (χ3n) is 4.81. The Bertz CT molecular complexity index is 1280. The minimum atomic E-state index is -0.404. The van der Waals surface area contributed by atoms with Crippen LogP contribution in [0.25, 0.3) is 22.6 Å². The zero-order chi connectivity index (χ0) is 18.0. The number of nitrogen functional groups attached to an aromatic ring is 1. The predicted octanol–water partition coefficient (Wildman–Crippen LogP) is 0.875. The molecule has 128 valence electrons. The quantitative estimate of drug-likeness (QED) is 0.521. The zero-order valence-electron chi connectivity index (χ0n) is 14.4. The van der Waals surface area contributed by atoms with Gasteiger partial charge in [-0.2, -0.15) is 4.98 Å². The molecule has 3 aromatic heterocycles. The minimum absolute atomic E-state index is 0.356. The van der Waals surface area contributed by atoms with Gasteiger partial charge < -0.3 is 5.73 Å². The molecule has 0 fully saturated rings. The Hall–Kier alpha value is -3.29. The Kier molecular flexibility index (Phi) is 2.96. The number of imidazole rings is 2. The maximum absolute atomic E-state index is 12.7. The second kappa shape index (κ2) is 4.85. The summed E-state index contributed by atoms with van der Waals surface area (Å²) in [7, 11) is 3.08. The SMILES string of the molecule is Cc1c(C)n2c3c(=O)n(C)c(=O)n(C)c3nc2n1-c1ccccc1N. The summed E-state index contributed by atoms with van der Waals surface area (Å²) in [4.78, 5) is 29.5. The van der Waals surface area contributed by atoms with Crippen molar-refractivity contribution in [3.63, 3.8) is 0 Å². The average Bonchev–Trinajstić information content (AvgIpc) is 3.09. The first-order chi connectivity index (χ1) is 11.8. The van der Waals surface area contributed by atoms with Crippen LogP contribution in [-0.4, -0.2) is 23.1 Å². The lowest BCUT2D eigenvalue weighted by Gasteiger charge is -2.09. The molecule has 0 amide bonds. The van der Waals surface area contributed by atoms with E-state index in [1.54, 1.807) is 11.4 Å². The molecule has 3 heterocycles. The van der Waals surface area contributed by atoms with E-state index >= 15 is 0 Å². The van der Waals surface area contributed by atoms with Crippen molar-refractivity contribution in [3.8, 4) is 5.69 Å². The Labute approximate surface area is 142 Å². The summed E-state index contributed by atoms with van der Waals surface area (Å²) in [5, 5.41) is 0. The minimum Gasteiger partial charge on any atom is -0.397 e. The van der Waals surface area contributed by atoms with Crippen LogP contribution in [0.2, 0.25) is 0 Å². The first-order valence-corrected chi connectivity index (χ1v) is 7.85. The molecule has 0 aliphatic heterocycles. The number of benzene rings is 1. The number of nitrogens with two attached hydrogens (primary N) is 1. The van der Waals surface area contributed by atoms with Crippen molar-refractivity contribution < 1.29 is 0 Å². The Balaban J connectivity index is 2.30. The van der Waals surface area contributed by atoms with Crippen molar-refractivity contribution >= 4 is 22.6 Å². The van der Waals surface area contributed by atoms with Crippen molar-refractivity contribution in [2.75, 3.05) is 5.73 Å². The third-order valence-corrected chi connectivity index (χ3v) is 4.81. The van der Waals surface area contributed by atoms with Gasteiger partial charge in [-0.25, -0.2) is 4.79 Å². The summed E-state index contributed by atoms with van der Waals surface area (Å²) in [5.41, 5.74) is 9.31. The molecule has 25 heavy (non-hydrogen) atoms. The van der Waals surface area contributed by atoms with Crippen molar-refractivity contribution in [1.29, 1.82) is 0 Å². The van der Waals surface area contributed by atoms with Crippen molar-refractivity contribution in [2.45, 2.75) is 13.8 Å².